The average Bonchev–Trinajstić information content (AvgIpc) is 2.75. The van der Waals surface area contributed by atoms with E-state index >= 15 is 0 Å². The normalized spacial score (nSPS) is 14.5. The van der Waals surface area contributed by atoms with Gasteiger partial charge >= 0.3 is 0 Å². The van der Waals surface area contributed by atoms with Gasteiger partial charge in [0.1, 0.15) is 5.82 Å². The molecule has 0 radical (unpaired) electrons. The van der Waals surface area contributed by atoms with E-state index in [1.165, 1.54) is 11.1 Å². The molecule has 0 fully saturated rings. The van der Waals surface area contributed by atoms with Crippen LogP contribution in [0, 0.1) is 5.92 Å². The molecule has 1 aromatic heterocycles. The van der Waals surface area contributed by atoms with Gasteiger partial charge in [0.05, 0.1) is 26.9 Å². The van der Waals surface area contributed by atoms with Gasteiger partial charge in [0.15, 0.2) is 11.5 Å². The van der Waals surface area contributed by atoms with Gasteiger partial charge in [-0.1, -0.05) is 20.8 Å². The van der Waals surface area contributed by atoms with E-state index in [1.54, 1.807) is 14.2 Å². The van der Waals surface area contributed by atoms with Crippen molar-refractivity contribution in [3.63, 3.8) is 0 Å². The molecule has 2 aromatic rings. The number of aromatic nitrogens is 2. The first-order chi connectivity index (χ1) is 14.0. The Hall–Kier alpha value is -2.54. The maximum absolute atomic E-state index is 9.65. The molecule has 2 N–H and O–H groups in total. The topological polar surface area (TPSA) is 79.7 Å². The monoisotopic (exact) mass is 400 g/mol. The van der Waals surface area contributed by atoms with Crippen LogP contribution in [0.2, 0.25) is 0 Å². The summed E-state index contributed by atoms with van der Waals surface area (Å²) in [6.07, 6.45) is 1.74. The SMILES string of the molecule is CCc1cc(N2CCc3cc(OC)c(OC)cc3C2)nc(N[C@@H](CO)C(C)C)n1. The van der Waals surface area contributed by atoms with Crippen molar-refractivity contribution in [2.75, 3.05) is 37.6 Å². The van der Waals surface area contributed by atoms with Crippen LogP contribution < -0.4 is 19.7 Å². The highest BCUT2D eigenvalue weighted by atomic mass is 16.5. The van der Waals surface area contributed by atoms with Crippen molar-refractivity contribution in [2.24, 2.45) is 5.92 Å². The predicted molar refractivity (Wildman–Crippen MR) is 115 cm³/mol. The third-order valence-electron chi connectivity index (χ3n) is 5.49. The summed E-state index contributed by atoms with van der Waals surface area (Å²) < 4.78 is 10.9. The summed E-state index contributed by atoms with van der Waals surface area (Å²) in [5.74, 6) is 3.27. The summed E-state index contributed by atoms with van der Waals surface area (Å²) in [7, 11) is 3.32. The predicted octanol–water partition coefficient (Wildman–Crippen LogP) is 3.05. The van der Waals surface area contributed by atoms with Gasteiger partial charge in [-0.2, -0.15) is 4.98 Å². The van der Waals surface area contributed by atoms with Crippen LogP contribution in [0.25, 0.3) is 0 Å². The van der Waals surface area contributed by atoms with Crippen molar-refractivity contribution >= 4 is 11.8 Å². The Labute approximate surface area is 173 Å². The molecular weight excluding hydrogens is 368 g/mol. The van der Waals surface area contributed by atoms with E-state index < -0.39 is 0 Å². The van der Waals surface area contributed by atoms with Crippen LogP contribution in [0.15, 0.2) is 18.2 Å². The zero-order chi connectivity index (χ0) is 21.0. The second-order valence-corrected chi connectivity index (χ2v) is 7.72. The number of aliphatic hydroxyl groups excluding tert-OH is 1. The number of aliphatic hydroxyl groups is 1. The second-order valence-electron chi connectivity index (χ2n) is 7.72. The molecule has 3 rings (SSSR count). The molecule has 0 spiro atoms. The van der Waals surface area contributed by atoms with E-state index in [0.29, 0.717) is 5.95 Å². The minimum absolute atomic E-state index is 0.0471. The second kappa shape index (κ2) is 9.31. The Morgan fingerprint density at radius 3 is 2.38 bits per heavy atom. The molecule has 7 heteroatoms. The molecule has 0 bridgehead atoms. The maximum Gasteiger partial charge on any atom is 0.225 e. The third kappa shape index (κ3) is 4.72. The molecule has 29 heavy (non-hydrogen) atoms. The minimum Gasteiger partial charge on any atom is -0.493 e. The first kappa shape index (κ1) is 21.2. The fourth-order valence-corrected chi connectivity index (χ4v) is 3.56. The fraction of sp³-hybridized carbons (Fsp3) is 0.545. The largest absolute Gasteiger partial charge is 0.493 e. The molecule has 1 atom stereocenters. The molecule has 7 nitrogen and oxygen atoms in total. The summed E-state index contributed by atoms with van der Waals surface area (Å²) >= 11 is 0. The maximum atomic E-state index is 9.65. The van der Waals surface area contributed by atoms with Crippen LogP contribution >= 0.6 is 0 Å². The molecule has 0 saturated carbocycles. The zero-order valence-corrected chi connectivity index (χ0v) is 18.0. The van der Waals surface area contributed by atoms with Gasteiger partial charge in [0.25, 0.3) is 0 Å². The Morgan fingerprint density at radius 2 is 1.79 bits per heavy atom. The van der Waals surface area contributed by atoms with Gasteiger partial charge in [0.2, 0.25) is 5.95 Å². The van der Waals surface area contributed by atoms with Gasteiger partial charge in [-0.15, -0.1) is 0 Å². The smallest absolute Gasteiger partial charge is 0.225 e. The van der Waals surface area contributed by atoms with Crippen molar-refractivity contribution in [3.05, 3.63) is 35.0 Å². The highest BCUT2D eigenvalue weighted by Gasteiger charge is 2.22. The number of methoxy groups -OCH3 is 2. The molecule has 1 aliphatic rings. The standard InChI is InChI=1S/C22H32N4O3/c1-6-17-11-21(25-22(23-17)24-18(13-27)14(2)3)26-8-7-15-9-19(28-4)20(29-5)10-16(15)12-26/h9-11,14,18,27H,6-8,12-13H2,1-5H3,(H,23,24,25)/t18-/m0/s1. The fourth-order valence-electron chi connectivity index (χ4n) is 3.56. The first-order valence-corrected chi connectivity index (χ1v) is 10.2. The molecule has 0 aliphatic carbocycles. The molecule has 158 valence electrons. The highest BCUT2D eigenvalue weighted by Crippen LogP contribution is 2.34. The number of hydrogen-bond acceptors (Lipinski definition) is 7. The molecule has 2 heterocycles. The average molecular weight is 401 g/mol. The zero-order valence-electron chi connectivity index (χ0n) is 18.0. The van der Waals surface area contributed by atoms with Crippen molar-refractivity contribution in [3.8, 4) is 11.5 Å². The van der Waals surface area contributed by atoms with Gasteiger partial charge < -0.3 is 24.8 Å². The first-order valence-electron chi connectivity index (χ1n) is 10.2. The van der Waals surface area contributed by atoms with Gasteiger partial charge in [-0.05, 0) is 42.0 Å². The van der Waals surface area contributed by atoms with E-state index in [1.807, 2.05) is 0 Å². The van der Waals surface area contributed by atoms with E-state index in [-0.39, 0.29) is 18.6 Å². The number of nitrogens with one attached hydrogen (secondary N) is 1. The minimum atomic E-state index is -0.0752. The number of hydrogen-bond donors (Lipinski definition) is 2. The van der Waals surface area contributed by atoms with E-state index in [2.05, 4.69) is 54.2 Å². The van der Waals surface area contributed by atoms with Crippen molar-refractivity contribution in [1.29, 1.82) is 0 Å². The van der Waals surface area contributed by atoms with Crippen molar-refractivity contribution < 1.29 is 14.6 Å². The molecule has 0 saturated heterocycles. The molecule has 0 unspecified atom stereocenters. The van der Waals surface area contributed by atoms with E-state index in [4.69, 9.17) is 14.5 Å². The quantitative estimate of drug-likeness (QED) is 0.705. The number of nitrogens with zero attached hydrogens (tertiary/aromatic N) is 3. The van der Waals surface area contributed by atoms with Gasteiger partial charge in [-0.3, -0.25) is 0 Å². The molecular formula is C22H32N4O3. The number of ether oxygens (including phenoxy) is 2. The molecule has 1 aliphatic heterocycles. The van der Waals surface area contributed by atoms with Crippen LogP contribution in [0.3, 0.4) is 0 Å². The highest BCUT2D eigenvalue weighted by molar-refractivity contribution is 5.53. The van der Waals surface area contributed by atoms with Crippen LogP contribution in [0.5, 0.6) is 11.5 Å². The number of aryl methyl sites for hydroxylation is 1. The Bertz CT molecular complexity index is 841. The number of rotatable bonds is 8. The van der Waals surface area contributed by atoms with E-state index in [0.717, 1.165) is 48.9 Å². The lowest BCUT2D eigenvalue weighted by atomic mass is 9.98. The van der Waals surface area contributed by atoms with Crippen LogP contribution in [-0.2, 0) is 19.4 Å². The van der Waals surface area contributed by atoms with Crippen LogP contribution in [0.1, 0.15) is 37.6 Å². The summed E-state index contributed by atoms with van der Waals surface area (Å²) in [5, 5.41) is 13.0. The van der Waals surface area contributed by atoms with Crippen molar-refractivity contribution in [1.82, 2.24) is 9.97 Å². The van der Waals surface area contributed by atoms with Gasteiger partial charge in [0, 0.05) is 24.8 Å². The van der Waals surface area contributed by atoms with Crippen LogP contribution in [-0.4, -0.2) is 48.5 Å². The van der Waals surface area contributed by atoms with Crippen LogP contribution in [0.4, 0.5) is 11.8 Å². The third-order valence-corrected chi connectivity index (χ3v) is 5.49. The molecule has 1 aromatic carbocycles. The summed E-state index contributed by atoms with van der Waals surface area (Å²) in [6, 6.07) is 6.11. The van der Waals surface area contributed by atoms with E-state index in [9.17, 15) is 5.11 Å². The van der Waals surface area contributed by atoms with Crippen molar-refractivity contribution in [2.45, 2.75) is 46.2 Å². The lowest BCUT2D eigenvalue weighted by molar-refractivity contribution is 0.248. The lowest BCUT2D eigenvalue weighted by Crippen LogP contribution is -2.33. The van der Waals surface area contributed by atoms with Gasteiger partial charge in [-0.25, -0.2) is 4.98 Å². The Balaban J connectivity index is 1.88. The number of anilines is 2. The summed E-state index contributed by atoms with van der Waals surface area (Å²) in [6.45, 7) is 7.90. The summed E-state index contributed by atoms with van der Waals surface area (Å²) in [4.78, 5) is 11.6. The Morgan fingerprint density at radius 1 is 1.10 bits per heavy atom. The number of benzene rings is 1. The number of fused-ring (bicyclic) bond motifs is 1. The Kier molecular flexibility index (Phi) is 6.79. The molecule has 0 amide bonds. The summed E-state index contributed by atoms with van der Waals surface area (Å²) in [5.41, 5.74) is 3.48. The lowest BCUT2D eigenvalue weighted by Gasteiger charge is -2.31.